The zero-order chi connectivity index (χ0) is 19.5. The van der Waals surface area contributed by atoms with Crippen molar-refractivity contribution in [3.8, 4) is 5.75 Å². The van der Waals surface area contributed by atoms with Crippen LogP contribution in [0.1, 0.15) is 5.56 Å². The van der Waals surface area contributed by atoms with Crippen molar-refractivity contribution in [2.75, 3.05) is 33.3 Å². The molecule has 1 aliphatic rings. The van der Waals surface area contributed by atoms with Crippen LogP contribution in [0.25, 0.3) is 10.8 Å². The molecule has 0 spiro atoms. The van der Waals surface area contributed by atoms with Gasteiger partial charge in [-0.25, -0.2) is 9.38 Å². The Kier molecular flexibility index (Phi) is 5.46. The van der Waals surface area contributed by atoms with Crippen LogP contribution in [0.15, 0.2) is 59.6 Å². The summed E-state index contributed by atoms with van der Waals surface area (Å²) in [5, 5.41) is 5.64. The summed E-state index contributed by atoms with van der Waals surface area (Å²) in [6.45, 7) is 3.39. The Morgan fingerprint density at radius 1 is 1.07 bits per heavy atom. The molecule has 1 saturated heterocycles. The first-order chi connectivity index (χ1) is 13.7. The van der Waals surface area contributed by atoms with Crippen molar-refractivity contribution >= 4 is 33.9 Å². The summed E-state index contributed by atoms with van der Waals surface area (Å²) in [6, 6.07) is 16.8. The normalized spacial score (nSPS) is 15.1. The Morgan fingerprint density at radius 2 is 1.79 bits per heavy atom. The predicted molar refractivity (Wildman–Crippen MR) is 113 cm³/mol. The number of hydrogen-bond donors (Lipinski definition) is 1. The third-order valence-electron chi connectivity index (χ3n) is 4.86. The molecule has 0 amide bonds. The van der Waals surface area contributed by atoms with Crippen LogP contribution in [0.2, 0.25) is 5.02 Å². The lowest BCUT2D eigenvalue weighted by Crippen LogP contribution is -2.46. The van der Waals surface area contributed by atoms with E-state index in [1.165, 1.54) is 6.07 Å². The van der Waals surface area contributed by atoms with Gasteiger partial charge in [0.05, 0.1) is 23.4 Å². The van der Waals surface area contributed by atoms with Crippen LogP contribution < -0.4 is 10.1 Å². The van der Waals surface area contributed by atoms with E-state index in [9.17, 15) is 4.39 Å². The molecule has 0 bridgehead atoms. The number of halogens is 2. The molecule has 0 saturated carbocycles. The van der Waals surface area contributed by atoms with Crippen LogP contribution in [0.4, 0.5) is 10.1 Å². The van der Waals surface area contributed by atoms with Gasteiger partial charge in [0.15, 0.2) is 0 Å². The van der Waals surface area contributed by atoms with Crippen molar-refractivity contribution in [3.63, 3.8) is 0 Å². The largest absolute Gasteiger partial charge is 0.496 e. The van der Waals surface area contributed by atoms with E-state index in [0.717, 1.165) is 54.1 Å². The van der Waals surface area contributed by atoms with E-state index >= 15 is 0 Å². The molecule has 3 aromatic carbocycles. The lowest BCUT2D eigenvalue weighted by Gasteiger charge is -2.31. The van der Waals surface area contributed by atoms with Crippen molar-refractivity contribution < 1.29 is 9.13 Å². The molecular formula is C22H21ClFN3O. The van der Waals surface area contributed by atoms with Gasteiger partial charge in [0.1, 0.15) is 17.4 Å². The molecule has 6 heteroatoms. The van der Waals surface area contributed by atoms with Crippen molar-refractivity contribution in [2.24, 2.45) is 4.99 Å². The average molecular weight is 398 g/mol. The molecule has 0 atom stereocenters. The molecule has 1 heterocycles. The SMILES string of the molecule is COc1cc2ccccc2cc1C(=Nc1ccc(F)c(Cl)c1)N1CCNCC1. The number of benzene rings is 3. The van der Waals surface area contributed by atoms with Crippen molar-refractivity contribution in [1.82, 2.24) is 10.2 Å². The average Bonchev–Trinajstić information content (AvgIpc) is 2.74. The van der Waals surface area contributed by atoms with Gasteiger partial charge in [0, 0.05) is 26.2 Å². The van der Waals surface area contributed by atoms with E-state index < -0.39 is 5.82 Å². The van der Waals surface area contributed by atoms with Gasteiger partial charge in [0.2, 0.25) is 0 Å². The lowest BCUT2D eigenvalue weighted by atomic mass is 10.0. The van der Waals surface area contributed by atoms with Gasteiger partial charge >= 0.3 is 0 Å². The Balaban J connectivity index is 1.88. The van der Waals surface area contributed by atoms with Gasteiger partial charge in [-0.2, -0.15) is 0 Å². The minimum absolute atomic E-state index is 0.0615. The maximum absolute atomic E-state index is 13.6. The van der Waals surface area contributed by atoms with Crippen LogP contribution in [0.5, 0.6) is 5.75 Å². The molecule has 0 aromatic heterocycles. The highest BCUT2D eigenvalue weighted by atomic mass is 35.5. The van der Waals surface area contributed by atoms with Crippen molar-refractivity contribution in [1.29, 1.82) is 0 Å². The summed E-state index contributed by atoms with van der Waals surface area (Å²) in [7, 11) is 1.66. The van der Waals surface area contributed by atoms with Gasteiger partial charge in [-0.05, 0) is 41.1 Å². The fourth-order valence-electron chi connectivity index (χ4n) is 3.42. The topological polar surface area (TPSA) is 36.9 Å². The van der Waals surface area contributed by atoms with E-state index in [1.54, 1.807) is 19.2 Å². The maximum atomic E-state index is 13.6. The second-order valence-electron chi connectivity index (χ2n) is 6.67. The summed E-state index contributed by atoms with van der Waals surface area (Å²) in [4.78, 5) is 7.08. The summed E-state index contributed by atoms with van der Waals surface area (Å²) in [5.74, 6) is 1.10. The van der Waals surface area contributed by atoms with E-state index in [4.69, 9.17) is 21.3 Å². The molecule has 1 aliphatic heterocycles. The Morgan fingerprint density at radius 3 is 2.46 bits per heavy atom. The number of hydrogen-bond acceptors (Lipinski definition) is 3. The molecule has 4 nitrogen and oxygen atoms in total. The zero-order valence-electron chi connectivity index (χ0n) is 15.6. The maximum Gasteiger partial charge on any atom is 0.141 e. The van der Waals surface area contributed by atoms with Crippen LogP contribution >= 0.6 is 11.6 Å². The molecule has 0 radical (unpaired) electrons. The van der Waals surface area contributed by atoms with E-state index in [2.05, 4.69) is 28.4 Å². The molecule has 144 valence electrons. The van der Waals surface area contributed by atoms with Crippen molar-refractivity contribution in [3.05, 3.63) is 71.0 Å². The molecule has 1 N–H and O–H groups in total. The molecule has 0 unspecified atom stereocenters. The number of nitrogens with zero attached hydrogens (tertiary/aromatic N) is 2. The number of fused-ring (bicyclic) bond motifs is 1. The quantitative estimate of drug-likeness (QED) is 0.517. The Labute approximate surface area is 168 Å². The highest BCUT2D eigenvalue weighted by Gasteiger charge is 2.21. The van der Waals surface area contributed by atoms with Gasteiger partial charge in [-0.1, -0.05) is 35.9 Å². The number of amidine groups is 1. The minimum atomic E-state index is -0.451. The first-order valence-electron chi connectivity index (χ1n) is 9.22. The van der Waals surface area contributed by atoms with Crippen molar-refractivity contribution in [2.45, 2.75) is 0 Å². The second-order valence-corrected chi connectivity index (χ2v) is 7.08. The van der Waals surface area contributed by atoms with E-state index in [1.807, 2.05) is 18.2 Å². The minimum Gasteiger partial charge on any atom is -0.496 e. The summed E-state index contributed by atoms with van der Waals surface area (Å²) in [6.07, 6.45) is 0. The molecular weight excluding hydrogens is 377 g/mol. The third kappa shape index (κ3) is 3.81. The Bertz CT molecular complexity index is 1030. The number of piperazine rings is 1. The number of methoxy groups -OCH3 is 1. The second kappa shape index (κ2) is 8.17. The van der Waals surface area contributed by atoms with Crippen LogP contribution in [-0.4, -0.2) is 44.0 Å². The first-order valence-corrected chi connectivity index (χ1v) is 9.60. The van der Waals surface area contributed by atoms with Crippen LogP contribution in [0, 0.1) is 5.82 Å². The fraction of sp³-hybridized carbons (Fsp3) is 0.227. The number of ether oxygens (including phenoxy) is 1. The summed E-state index contributed by atoms with van der Waals surface area (Å²) >= 11 is 5.97. The van der Waals surface area contributed by atoms with Gasteiger partial charge in [0.25, 0.3) is 0 Å². The van der Waals surface area contributed by atoms with E-state index in [0.29, 0.717) is 5.69 Å². The van der Waals surface area contributed by atoms with E-state index in [-0.39, 0.29) is 5.02 Å². The molecule has 0 aliphatic carbocycles. The number of aliphatic imine (C=N–C) groups is 1. The fourth-order valence-corrected chi connectivity index (χ4v) is 3.59. The highest BCUT2D eigenvalue weighted by Crippen LogP contribution is 2.30. The summed E-state index contributed by atoms with van der Waals surface area (Å²) < 4.78 is 19.3. The highest BCUT2D eigenvalue weighted by molar-refractivity contribution is 6.31. The smallest absolute Gasteiger partial charge is 0.141 e. The number of nitrogens with one attached hydrogen (secondary N) is 1. The Hall–Kier alpha value is -2.63. The molecule has 4 rings (SSSR count). The van der Waals surface area contributed by atoms with Gasteiger partial charge in [-0.15, -0.1) is 0 Å². The third-order valence-corrected chi connectivity index (χ3v) is 5.15. The van der Waals surface area contributed by atoms with Gasteiger partial charge in [-0.3, -0.25) is 0 Å². The number of rotatable bonds is 3. The van der Waals surface area contributed by atoms with Crippen LogP contribution in [-0.2, 0) is 0 Å². The molecule has 3 aromatic rings. The summed E-state index contributed by atoms with van der Waals surface area (Å²) in [5.41, 5.74) is 1.51. The standard InChI is InChI=1S/C22H21ClFN3O/c1-28-21-13-16-5-3-2-4-15(16)12-18(21)22(27-10-8-25-9-11-27)26-17-6-7-20(24)19(23)14-17/h2-7,12-14,25H,8-11H2,1H3. The zero-order valence-corrected chi connectivity index (χ0v) is 16.3. The van der Waals surface area contributed by atoms with Gasteiger partial charge < -0.3 is 15.0 Å². The molecule has 28 heavy (non-hydrogen) atoms. The first kappa shape index (κ1) is 18.7. The van der Waals surface area contributed by atoms with Crippen LogP contribution in [0.3, 0.4) is 0 Å². The lowest BCUT2D eigenvalue weighted by molar-refractivity contribution is 0.355. The monoisotopic (exact) mass is 397 g/mol. The molecule has 1 fully saturated rings. The predicted octanol–water partition coefficient (Wildman–Crippen LogP) is 4.62.